The van der Waals surface area contributed by atoms with Crippen LogP contribution in [0.25, 0.3) is 0 Å². The van der Waals surface area contributed by atoms with E-state index in [1.165, 1.54) is 12.1 Å². The molecule has 0 aliphatic rings. The minimum absolute atomic E-state index is 0.00481. The Labute approximate surface area is 104 Å². The number of ether oxygens (including phenoxy) is 1. The number of carbonyl (C=O) groups is 2. The zero-order valence-electron chi connectivity index (χ0n) is 10.0. The van der Waals surface area contributed by atoms with Crippen LogP contribution in [-0.4, -0.2) is 25.0 Å². The van der Waals surface area contributed by atoms with E-state index in [1.54, 1.807) is 6.92 Å². The fourth-order valence-electron chi connectivity index (χ4n) is 1.36. The van der Waals surface area contributed by atoms with E-state index in [-0.39, 0.29) is 18.7 Å². The molecule has 0 saturated carbocycles. The minimum atomic E-state index is -0.681. The number of amides is 1. The van der Waals surface area contributed by atoms with Crippen molar-refractivity contribution in [3.05, 3.63) is 35.1 Å². The number of rotatable bonds is 6. The van der Waals surface area contributed by atoms with Gasteiger partial charge in [0.2, 0.25) is 5.91 Å². The molecule has 0 atom stereocenters. The van der Waals surface area contributed by atoms with E-state index in [0.717, 1.165) is 6.07 Å². The normalized spacial score (nSPS) is 10.1. The van der Waals surface area contributed by atoms with Crippen LogP contribution < -0.4 is 11.1 Å². The van der Waals surface area contributed by atoms with Crippen molar-refractivity contribution in [3.63, 3.8) is 0 Å². The number of hydrogen-bond donors (Lipinski definition) is 2. The monoisotopic (exact) mass is 254 g/mol. The SMILES string of the molecule is CCOC(=O)CNCc1ccc(C(N)=O)cc1F. The van der Waals surface area contributed by atoms with Gasteiger partial charge in [0.25, 0.3) is 0 Å². The van der Waals surface area contributed by atoms with Crippen LogP contribution in [0.15, 0.2) is 18.2 Å². The lowest BCUT2D eigenvalue weighted by atomic mass is 10.1. The Bertz CT molecular complexity index is 449. The van der Waals surface area contributed by atoms with Gasteiger partial charge in [0.05, 0.1) is 13.2 Å². The van der Waals surface area contributed by atoms with E-state index in [9.17, 15) is 14.0 Å². The van der Waals surface area contributed by atoms with Gasteiger partial charge in [0, 0.05) is 17.7 Å². The highest BCUT2D eigenvalue weighted by molar-refractivity contribution is 5.92. The molecule has 0 unspecified atom stereocenters. The van der Waals surface area contributed by atoms with Crippen LogP contribution >= 0.6 is 0 Å². The third-order valence-electron chi connectivity index (χ3n) is 2.23. The molecule has 18 heavy (non-hydrogen) atoms. The summed E-state index contributed by atoms with van der Waals surface area (Å²) < 4.78 is 18.2. The Hall–Kier alpha value is -1.95. The minimum Gasteiger partial charge on any atom is -0.465 e. The zero-order chi connectivity index (χ0) is 13.5. The summed E-state index contributed by atoms with van der Waals surface area (Å²) in [7, 11) is 0. The third kappa shape index (κ3) is 4.14. The van der Waals surface area contributed by atoms with E-state index < -0.39 is 17.7 Å². The molecular formula is C12H15FN2O3. The molecule has 0 bridgehead atoms. The molecule has 0 aliphatic carbocycles. The number of hydrogen-bond acceptors (Lipinski definition) is 4. The van der Waals surface area contributed by atoms with Gasteiger partial charge in [0.1, 0.15) is 5.82 Å². The molecule has 5 nitrogen and oxygen atoms in total. The van der Waals surface area contributed by atoms with E-state index in [1.807, 2.05) is 0 Å². The van der Waals surface area contributed by atoms with Crippen molar-refractivity contribution < 1.29 is 18.7 Å². The summed E-state index contributed by atoms with van der Waals surface area (Å²) in [5.41, 5.74) is 5.49. The zero-order valence-corrected chi connectivity index (χ0v) is 10.0. The number of primary amides is 1. The molecule has 1 aromatic rings. The molecule has 1 amide bonds. The van der Waals surface area contributed by atoms with Gasteiger partial charge in [0.15, 0.2) is 0 Å². The maximum Gasteiger partial charge on any atom is 0.319 e. The van der Waals surface area contributed by atoms with Crippen molar-refractivity contribution >= 4 is 11.9 Å². The Balaban J connectivity index is 2.53. The fourth-order valence-corrected chi connectivity index (χ4v) is 1.36. The molecule has 0 radical (unpaired) electrons. The Morgan fingerprint density at radius 3 is 2.72 bits per heavy atom. The number of nitrogens with one attached hydrogen (secondary N) is 1. The highest BCUT2D eigenvalue weighted by Gasteiger charge is 2.07. The van der Waals surface area contributed by atoms with Crippen LogP contribution in [0.5, 0.6) is 0 Å². The van der Waals surface area contributed by atoms with Crippen LogP contribution in [0.3, 0.4) is 0 Å². The van der Waals surface area contributed by atoms with Crippen molar-refractivity contribution in [2.45, 2.75) is 13.5 Å². The molecule has 6 heteroatoms. The van der Waals surface area contributed by atoms with Crippen molar-refractivity contribution in [1.82, 2.24) is 5.32 Å². The first kappa shape index (κ1) is 14.1. The quantitative estimate of drug-likeness (QED) is 0.727. The van der Waals surface area contributed by atoms with Crippen LogP contribution in [-0.2, 0) is 16.1 Å². The average Bonchev–Trinajstić information content (AvgIpc) is 2.31. The molecule has 0 fully saturated rings. The van der Waals surface area contributed by atoms with Crippen molar-refractivity contribution in [2.75, 3.05) is 13.2 Å². The summed E-state index contributed by atoms with van der Waals surface area (Å²) in [6.07, 6.45) is 0. The first-order valence-electron chi connectivity index (χ1n) is 5.49. The second-order valence-electron chi connectivity index (χ2n) is 3.58. The van der Waals surface area contributed by atoms with Crippen molar-refractivity contribution in [2.24, 2.45) is 5.73 Å². The summed E-state index contributed by atoms with van der Waals surface area (Å²) in [4.78, 5) is 21.8. The second-order valence-corrected chi connectivity index (χ2v) is 3.58. The van der Waals surface area contributed by atoms with Crippen LogP contribution in [0.4, 0.5) is 4.39 Å². The molecule has 1 aromatic carbocycles. The Morgan fingerprint density at radius 1 is 1.44 bits per heavy atom. The van der Waals surface area contributed by atoms with Gasteiger partial charge in [-0.25, -0.2) is 4.39 Å². The lowest BCUT2D eigenvalue weighted by Crippen LogP contribution is -2.24. The predicted molar refractivity (Wildman–Crippen MR) is 63.3 cm³/mol. The largest absolute Gasteiger partial charge is 0.465 e. The molecule has 3 N–H and O–H groups in total. The number of benzene rings is 1. The smallest absolute Gasteiger partial charge is 0.319 e. The van der Waals surface area contributed by atoms with Gasteiger partial charge in [-0.15, -0.1) is 0 Å². The summed E-state index contributed by atoms with van der Waals surface area (Å²) in [6.45, 7) is 2.19. The van der Waals surface area contributed by atoms with Gasteiger partial charge < -0.3 is 15.8 Å². The van der Waals surface area contributed by atoms with Gasteiger partial charge in [-0.05, 0) is 19.1 Å². The second kappa shape index (κ2) is 6.70. The highest BCUT2D eigenvalue weighted by Crippen LogP contribution is 2.09. The lowest BCUT2D eigenvalue weighted by molar-refractivity contribution is -0.142. The van der Waals surface area contributed by atoms with Crippen molar-refractivity contribution in [3.8, 4) is 0 Å². The van der Waals surface area contributed by atoms with E-state index in [0.29, 0.717) is 12.2 Å². The van der Waals surface area contributed by atoms with Crippen molar-refractivity contribution in [1.29, 1.82) is 0 Å². The molecule has 0 spiro atoms. The molecule has 1 rings (SSSR count). The molecule has 98 valence electrons. The van der Waals surface area contributed by atoms with Gasteiger partial charge in [-0.3, -0.25) is 9.59 Å². The van der Waals surface area contributed by atoms with E-state index in [2.05, 4.69) is 5.32 Å². The number of halogens is 1. The average molecular weight is 254 g/mol. The predicted octanol–water partition coefficient (Wildman–Crippen LogP) is 0.577. The number of carbonyl (C=O) groups excluding carboxylic acids is 2. The Kier molecular flexibility index (Phi) is 5.26. The summed E-state index contributed by atoms with van der Waals surface area (Å²) in [5, 5.41) is 2.75. The molecule has 0 saturated heterocycles. The molecule has 0 aliphatic heterocycles. The summed E-state index contributed by atoms with van der Waals surface area (Å²) in [6, 6.07) is 3.96. The first-order chi connectivity index (χ1) is 8.54. The fraction of sp³-hybridized carbons (Fsp3) is 0.333. The number of esters is 1. The molecule has 0 heterocycles. The topological polar surface area (TPSA) is 81.4 Å². The van der Waals surface area contributed by atoms with Crippen LogP contribution in [0.2, 0.25) is 0 Å². The van der Waals surface area contributed by atoms with E-state index >= 15 is 0 Å². The lowest BCUT2D eigenvalue weighted by Gasteiger charge is -2.06. The molecule has 0 aromatic heterocycles. The molecular weight excluding hydrogens is 239 g/mol. The van der Waals surface area contributed by atoms with Crippen LogP contribution in [0.1, 0.15) is 22.8 Å². The highest BCUT2D eigenvalue weighted by atomic mass is 19.1. The maximum absolute atomic E-state index is 13.5. The van der Waals surface area contributed by atoms with Crippen LogP contribution in [0, 0.1) is 5.82 Å². The number of nitrogens with two attached hydrogens (primary N) is 1. The summed E-state index contributed by atoms with van der Waals surface area (Å²) in [5.74, 6) is -1.62. The van der Waals surface area contributed by atoms with Gasteiger partial charge in [-0.2, -0.15) is 0 Å². The standard InChI is InChI=1S/C12H15FN2O3/c1-2-18-11(16)7-15-6-9-4-3-8(12(14)17)5-10(9)13/h3-5,15H,2,6-7H2,1H3,(H2,14,17). The third-order valence-corrected chi connectivity index (χ3v) is 2.23. The summed E-state index contributed by atoms with van der Waals surface area (Å²) >= 11 is 0. The maximum atomic E-state index is 13.5. The van der Waals surface area contributed by atoms with E-state index in [4.69, 9.17) is 10.5 Å². The Morgan fingerprint density at radius 2 is 2.17 bits per heavy atom. The van der Waals surface area contributed by atoms with Gasteiger partial charge >= 0.3 is 5.97 Å². The first-order valence-corrected chi connectivity index (χ1v) is 5.49. The van der Waals surface area contributed by atoms with Gasteiger partial charge in [-0.1, -0.05) is 6.07 Å².